The zero-order valence-corrected chi connectivity index (χ0v) is 8.62. The molecule has 0 radical (unpaired) electrons. The molecule has 1 aliphatic carbocycles. The molecule has 0 saturated carbocycles. The van der Waals surface area contributed by atoms with Crippen LogP contribution in [-0.4, -0.2) is 12.1 Å². The standard InChI is InChI=1S/C11H18O2/c1-8(2)13-11(12)9(3)10-6-4-5-7-10/h4,6,8-10H,5,7H2,1-3H3. The fraction of sp³-hybridized carbons (Fsp3) is 0.727. The molecule has 1 aliphatic rings. The smallest absolute Gasteiger partial charge is 0.309 e. The van der Waals surface area contributed by atoms with E-state index in [0.717, 1.165) is 12.8 Å². The molecule has 0 aromatic carbocycles. The summed E-state index contributed by atoms with van der Waals surface area (Å²) in [7, 11) is 0. The van der Waals surface area contributed by atoms with Crippen molar-refractivity contribution in [3.05, 3.63) is 12.2 Å². The minimum Gasteiger partial charge on any atom is -0.463 e. The van der Waals surface area contributed by atoms with Crippen molar-refractivity contribution in [3.8, 4) is 0 Å². The first-order valence-electron chi connectivity index (χ1n) is 4.98. The first kappa shape index (κ1) is 10.3. The largest absolute Gasteiger partial charge is 0.463 e. The summed E-state index contributed by atoms with van der Waals surface area (Å²) in [5.74, 6) is 0.346. The zero-order chi connectivity index (χ0) is 9.84. The van der Waals surface area contributed by atoms with Crippen LogP contribution in [0, 0.1) is 11.8 Å². The van der Waals surface area contributed by atoms with Crippen molar-refractivity contribution in [1.29, 1.82) is 0 Å². The van der Waals surface area contributed by atoms with E-state index in [1.165, 1.54) is 0 Å². The van der Waals surface area contributed by atoms with Crippen molar-refractivity contribution < 1.29 is 9.53 Å². The molecule has 2 heteroatoms. The summed E-state index contributed by atoms with van der Waals surface area (Å²) >= 11 is 0. The highest BCUT2D eigenvalue weighted by molar-refractivity contribution is 5.72. The van der Waals surface area contributed by atoms with Gasteiger partial charge in [0.2, 0.25) is 0 Å². The highest BCUT2D eigenvalue weighted by Gasteiger charge is 2.25. The molecule has 0 aromatic rings. The van der Waals surface area contributed by atoms with Gasteiger partial charge in [0.1, 0.15) is 0 Å². The van der Waals surface area contributed by atoms with Gasteiger partial charge in [0.25, 0.3) is 0 Å². The lowest BCUT2D eigenvalue weighted by Gasteiger charge is -2.17. The third kappa shape index (κ3) is 2.87. The first-order chi connectivity index (χ1) is 6.11. The highest BCUT2D eigenvalue weighted by atomic mass is 16.5. The third-order valence-electron chi connectivity index (χ3n) is 2.42. The molecule has 1 rings (SSSR count). The number of allylic oxidation sites excluding steroid dienone is 2. The van der Waals surface area contributed by atoms with Gasteiger partial charge < -0.3 is 4.74 Å². The van der Waals surface area contributed by atoms with Gasteiger partial charge in [-0.05, 0) is 32.6 Å². The van der Waals surface area contributed by atoms with Crippen LogP contribution in [-0.2, 0) is 9.53 Å². The molecule has 0 heterocycles. The van der Waals surface area contributed by atoms with Crippen LogP contribution in [0.1, 0.15) is 33.6 Å². The third-order valence-corrected chi connectivity index (χ3v) is 2.42. The quantitative estimate of drug-likeness (QED) is 0.495. The van der Waals surface area contributed by atoms with Crippen LogP contribution < -0.4 is 0 Å². The molecule has 0 bridgehead atoms. The molecule has 0 aliphatic heterocycles. The molecule has 0 aromatic heterocycles. The Hall–Kier alpha value is -0.790. The van der Waals surface area contributed by atoms with Crippen molar-refractivity contribution in [2.75, 3.05) is 0 Å². The number of hydrogen-bond donors (Lipinski definition) is 0. The Kier molecular flexibility index (Phi) is 3.52. The normalized spacial score (nSPS) is 23.5. The van der Waals surface area contributed by atoms with Gasteiger partial charge in [-0.3, -0.25) is 4.79 Å². The number of carbonyl (C=O) groups excluding carboxylic acids is 1. The Labute approximate surface area is 80.0 Å². The Morgan fingerprint density at radius 2 is 2.15 bits per heavy atom. The summed E-state index contributed by atoms with van der Waals surface area (Å²) < 4.78 is 5.15. The van der Waals surface area contributed by atoms with E-state index in [1.807, 2.05) is 20.8 Å². The Bertz CT molecular complexity index is 206. The molecular formula is C11H18O2. The summed E-state index contributed by atoms with van der Waals surface area (Å²) in [6, 6.07) is 0. The summed E-state index contributed by atoms with van der Waals surface area (Å²) in [5.41, 5.74) is 0. The van der Waals surface area contributed by atoms with Crippen molar-refractivity contribution in [1.82, 2.24) is 0 Å². The van der Waals surface area contributed by atoms with Gasteiger partial charge in [-0.1, -0.05) is 19.1 Å². The van der Waals surface area contributed by atoms with Gasteiger partial charge >= 0.3 is 5.97 Å². The van der Waals surface area contributed by atoms with Crippen LogP contribution >= 0.6 is 0 Å². The molecule has 0 spiro atoms. The number of hydrogen-bond acceptors (Lipinski definition) is 2. The van der Waals surface area contributed by atoms with E-state index in [4.69, 9.17) is 4.74 Å². The second-order valence-electron chi connectivity index (χ2n) is 3.94. The topological polar surface area (TPSA) is 26.3 Å². The summed E-state index contributed by atoms with van der Waals surface area (Å²) in [6.45, 7) is 5.72. The van der Waals surface area contributed by atoms with Crippen molar-refractivity contribution in [2.45, 2.75) is 39.7 Å². The van der Waals surface area contributed by atoms with Crippen molar-refractivity contribution >= 4 is 5.97 Å². The number of ether oxygens (including phenoxy) is 1. The molecule has 0 N–H and O–H groups in total. The maximum atomic E-state index is 11.5. The molecular weight excluding hydrogens is 164 g/mol. The number of carbonyl (C=O) groups is 1. The van der Waals surface area contributed by atoms with Crippen molar-refractivity contribution in [2.24, 2.45) is 11.8 Å². The average molecular weight is 182 g/mol. The lowest BCUT2D eigenvalue weighted by molar-refractivity contribution is -0.153. The minimum atomic E-state index is -0.0634. The monoisotopic (exact) mass is 182 g/mol. The maximum absolute atomic E-state index is 11.5. The van der Waals surface area contributed by atoms with Crippen LogP contribution in [0.25, 0.3) is 0 Å². The maximum Gasteiger partial charge on any atom is 0.309 e. The predicted molar refractivity (Wildman–Crippen MR) is 52.3 cm³/mol. The van der Waals surface area contributed by atoms with Crippen LogP contribution in [0.4, 0.5) is 0 Å². The van der Waals surface area contributed by atoms with E-state index in [0.29, 0.717) is 5.92 Å². The highest BCUT2D eigenvalue weighted by Crippen LogP contribution is 2.26. The predicted octanol–water partition coefficient (Wildman–Crippen LogP) is 2.54. The van der Waals surface area contributed by atoms with Gasteiger partial charge in [0.05, 0.1) is 12.0 Å². The SMILES string of the molecule is CC(C)OC(=O)C(C)C1C=CCC1. The molecule has 2 unspecified atom stereocenters. The molecule has 0 fully saturated rings. The molecule has 2 atom stereocenters. The summed E-state index contributed by atoms with van der Waals surface area (Å²) in [5, 5.41) is 0. The zero-order valence-electron chi connectivity index (χ0n) is 8.62. The fourth-order valence-corrected chi connectivity index (χ4v) is 1.59. The van der Waals surface area contributed by atoms with E-state index >= 15 is 0 Å². The lowest BCUT2D eigenvalue weighted by atomic mass is 9.94. The molecule has 74 valence electrons. The van der Waals surface area contributed by atoms with Crippen molar-refractivity contribution in [3.63, 3.8) is 0 Å². The number of esters is 1. The molecule has 0 amide bonds. The number of rotatable bonds is 3. The molecule has 2 nitrogen and oxygen atoms in total. The summed E-state index contributed by atoms with van der Waals surface area (Å²) in [4.78, 5) is 11.5. The minimum absolute atomic E-state index is 0.000308. The van der Waals surface area contributed by atoms with E-state index in [9.17, 15) is 4.79 Å². The second kappa shape index (κ2) is 4.45. The first-order valence-corrected chi connectivity index (χ1v) is 4.98. The second-order valence-corrected chi connectivity index (χ2v) is 3.94. The van der Waals surface area contributed by atoms with Crippen LogP contribution in [0.15, 0.2) is 12.2 Å². The van der Waals surface area contributed by atoms with E-state index in [1.54, 1.807) is 0 Å². The lowest BCUT2D eigenvalue weighted by Crippen LogP contribution is -2.23. The Morgan fingerprint density at radius 1 is 1.46 bits per heavy atom. The van der Waals surface area contributed by atoms with Crippen LogP contribution in [0.3, 0.4) is 0 Å². The Morgan fingerprint density at radius 3 is 2.62 bits per heavy atom. The van der Waals surface area contributed by atoms with E-state index < -0.39 is 0 Å². The van der Waals surface area contributed by atoms with E-state index in [2.05, 4.69) is 12.2 Å². The average Bonchev–Trinajstić information content (AvgIpc) is 2.53. The van der Waals surface area contributed by atoms with Crippen LogP contribution in [0.2, 0.25) is 0 Å². The molecule has 0 saturated heterocycles. The molecule has 13 heavy (non-hydrogen) atoms. The van der Waals surface area contributed by atoms with Gasteiger partial charge in [0.15, 0.2) is 0 Å². The fourth-order valence-electron chi connectivity index (χ4n) is 1.59. The summed E-state index contributed by atoms with van der Waals surface area (Å²) in [6.07, 6.45) is 6.47. The van der Waals surface area contributed by atoms with Crippen LogP contribution in [0.5, 0.6) is 0 Å². The van der Waals surface area contributed by atoms with Gasteiger partial charge in [-0.15, -0.1) is 0 Å². The van der Waals surface area contributed by atoms with E-state index in [-0.39, 0.29) is 18.0 Å². The van der Waals surface area contributed by atoms with Gasteiger partial charge in [0, 0.05) is 0 Å². The van der Waals surface area contributed by atoms with Gasteiger partial charge in [-0.25, -0.2) is 0 Å². The Balaban J connectivity index is 2.41. The van der Waals surface area contributed by atoms with Gasteiger partial charge in [-0.2, -0.15) is 0 Å².